The maximum absolute atomic E-state index is 8.95. The molecule has 2 aliphatic rings. The first-order valence-corrected chi connectivity index (χ1v) is 4.40. The minimum atomic E-state index is 0.435. The summed E-state index contributed by atoms with van der Waals surface area (Å²) in [5.74, 6) is 1.56. The van der Waals surface area contributed by atoms with E-state index in [0.29, 0.717) is 17.9 Å². The lowest BCUT2D eigenvalue weighted by Gasteiger charge is -2.13. The minimum Gasteiger partial charge on any atom is -0.396 e. The zero-order valence-electron chi connectivity index (χ0n) is 6.64. The molecule has 0 radical (unpaired) electrons. The molecular formula is C9H16O. The van der Waals surface area contributed by atoms with Gasteiger partial charge in [-0.05, 0) is 30.1 Å². The number of rotatable bonds is 1. The highest BCUT2D eigenvalue weighted by molar-refractivity contribution is 5.07. The predicted octanol–water partition coefficient (Wildman–Crippen LogP) is 1.81. The first-order valence-electron chi connectivity index (χ1n) is 4.40. The summed E-state index contributed by atoms with van der Waals surface area (Å²) in [6.07, 6.45) is 5.50. The van der Waals surface area contributed by atoms with Crippen LogP contribution in [-0.2, 0) is 0 Å². The summed E-state index contributed by atoms with van der Waals surface area (Å²) in [6, 6.07) is 0. The van der Waals surface area contributed by atoms with Crippen LogP contribution in [0.5, 0.6) is 0 Å². The Bertz CT molecular complexity index is 144. The molecule has 1 N–H and O–H groups in total. The van der Waals surface area contributed by atoms with Crippen molar-refractivity contribution in [3.05, 3.63) is 0 Å². The quantitative estimate of drug-likeness (QED) is 0.589. The fourth-order valence-electron chi connectivity index (χ4n) is 2.83. The zero-order chi connectivity index (χ0) is 7.19. The SMILES string of the molecule is CC1CCCC12CC2CO. The van der Waals surface area contributed by atoms with E-state index in [0.717, 1.165) is 5.92 Å². The van der Waals surface area contributed by atoms with Gasteiger partial charge in [-0.15, -0.1) is 0 Å². The van der Waals surface area contributed by atoms with Gasteiger partial charge in [0.15, 0.2) is 0 Å². The third kappa shape index (κ3) is 0.672. The fraction of sp³-hybridized carbons (Fsp3) is 1.00. The van der Waals surface area contributed by atoms with Gasteiger partial charge in [0.1, 0.15) is 0 Å². The van der Waals surface area contributed by atoms with Crippen molar-refractivity contribution < 1.29 is 5.11 Å². The van der Waals surface area contributed by atoms with E-state index in [1.165, 1.54) is 25.7 Å². The zero-order valence-corrected chi connectivity index (χ0v) is 6.64. The van der Waals surface area contributed by atoms with E-state index in [-0.39, 0.29) is 0 Å². The standard InChI is InChI=1S/C9H16O/c1-7-3-2-4-9(7)5-8(9)6-10/h7-8,10H,2-6H2,1H3. The Balaban J connectivity index is 2.04. The predicted molar refractivity (Wildman–Crippen MR) is 40.6 cm³/mol. The van der Waals surface area contributed by atoms with Crippen molar-refractivity contribution in [2.24, 2.45) is 17.3 Å². The van der Waals surface area contributed by atoms with Crippen LogP contribution in [0.25, 0.3) is 0 Å². The van der Waals surface area contributed by atoms with Crippen molar-refractivity contribution in [3.8, 4) is 0 Å². The van der Waals surface area contributed by atoms with Gasteiger partial charge in [0.05, 0.1) is 0 Å². The lowest BCUT2D eigenvalue weighted by Crippen LogP contribution is -2.09. The van der Waals surface area contributed by atoms with Crippen molar-refractivity contribution in [3.63, 3.8) is 0 Å². The van der Waals surface area contributed by atoms with Crippen LogP contribution in [0.2, 0.25) is 0 Å². The summed E-state index contributed by atoms with van der Waals surface area (Å²) in [5, 5.41) is 8.95. The monoisotopic (exact) mass is 140 g/mol. The first kappa shape index (κ1) is 6.66. The Morgan fingerprint density at radius 3 is 2.80 bits per heavy atom. The van der Waals surface area contributed by atoms with Crippen molar-refractivity contribution in [1.82, 2.24) is 0 Å². The Morgan fingerprint density at radius 1 is 1.60 bits per heavy atom. The summed E-state index contributed by atoms with van der Waals surface area (Å²) >= 11 is 0. The van der Waals surface area contributed by atoms with Crippen LogP contribution in [0.4, 0.5) is 0 Å². The molecule has 2 saturated carbocycles. The molecule has 0 aromatic rings. The first-order chi connectivity index (χ1) is 4.79. The van der Waals surface area contributed by atoms with Crippen LogP contribution in [-0.4, -0.2) is 11.7 Å². The molecule has 1 nitrogen and oxygen atoms in total. The van der Waals surface area contributed by atoms with Crippen molar-refractivity contribution in [2.75, 3.05) is 6.61 Å². The summed E-state index contributed by atoms with van der Waals surface area (Å²) in [5.41, 5.74) is 0.620. The van der Waals surface area contributed by atoms with Gasteiger partial charge < -0.3 is 5.11 Å². The molecule has 0 aromatic carbocycles. The number of aliphatic hydroxyl groups is 1. The van der Waals surface area contributed by atoms with E-state index in [1.807, 2.05) is 0 Å². The smallest absolute Gasteiger partial charge is 0.0464 e. The minimum absolute atomic E-state index is 0.435. The van der Waals surface area contributed by atoms with Gasteiger partial charge in [0.25, 0.3) is 0 Å². The normalized spacial score (nSPS) is 52.2. The molecule has 1 spiro atoms. The average molecular weight is 140 g/mol. The van der Waals surface area contributed by atoms with E-state index in [1.54, 1.807) is 0 Å². The second-order valence-corrected chi connectivity index (χ2v) is 4.11. The van der Waals surface area contributed by atoms with Crippen LogP contribution < -0.4 is 0 Å². The van der Waals surface area contributed by atoms with E-state index >= 15 is 0 Å². The van der Waals surface area contributed by atoms with E-state index in [4.69, 9.17) is 5.11 Å². The molecule has 2 rings (SSSR count). The largest absolute Gasteiger partial charge is 0.396 e. The molecule has 0 aliphatic heterocycles. The maximum Gasteiger partial charge on any atom is 0.0464 e. The Labute approximate surface area is 62.4 Å². The van der Waals surface area contributed by atoms with Crippen LogP contribution in [0, 0.1) is 17.3 Å². The maximum atomic E-state index is 8.95. The molecule has 1 heteroatoms. The van der Waals surface area contributed by atoms with E-state index in [2.05, 4.69) is 6.92 Å². The van der Waals surface area contributed by atoms with Gasteiger partial charge >= 0.3 is 0 Å². The molecule has 0 heterocycles. The molecular weight excluding hydrogens is 124 g/mol. The Morgan fingerprint density at radius 2 is 2.40 bits per heavy atom. The van der Waals surface area contributed by atoms with Gasteiger partial charge in [-0.2, -0.15) is 0 Å². The van der Waals surface area contributed by atoms with Crippen LogP contribution in [0.1, 0.15) is 32.6 Å². The van der Waals surface area contributed by atoms with Crippen LogP contribution >= 0.6 is 0 Å². The highest BCUT2D eigenvalue weighted by Crippen LogP contribution is 2.65. The highest BCUT2D eigenvalue weighted by Gasteiger charge is 2.58. The number of hydrogen-bond donors (Lipinski definition) is 1. The van der Waals surface area contributed by atoms with Gasteiger partial charge in [-0.25, -0.2) is 0 Å². The second-order valence-electron chi connectivity index (χ2n) is 4.11. The molecule has 10 heavy (non-hydrogen) atoms. The molecule has 0 aromatic heterocycles. The van der Waals surface area contributed by atoms with Crippen LogP contribution in [0.3, 0.4) is 0 Å². The highest BCUT2D eigenvalue weighted by atomic mass is 16.3. The molecule has 0 amide bonds. The van der Waals surface area contributed by atoms with Crippen molar-refractivity contribution >= 4 is 0 Å². The third-order valence-corrected chi connectivity index (χ3v) is 3.76. The van der Waals surface area contributed by atoms with E-state index < -0.39 is 0 Å². The number of hydrogen-bond acceptors (Lipinski definition) is 1. The van der Waals surface area contributed by atoms with Gasteiger partial charge in [0.2, 0.25) is 0 Å². The van der Waals surface area contributed by atoms with Crippen LogP contribution in [0.15, 0.2) is 0 Å². The average Bonchev–Trinajstić information content (AvgIpc) is 2.52. The molecule has 0 bridgehead atoms. The molecule has 2 fully saturated rings. The summed E-state index contributed by atoms with van der Waals surface area (Å²) in [4.78, 5) is 0. The third-order valence-electron chi connectivity index (χ3n) is 3.76. The summed E-state index contributed by atoms with van der Waals surface area (Å²) in [6.45, 7) is 2.78. The molecule has 0 saturated heterocycles. The number of aliphatic hydroxyl groups excluding tert-OH is 1. The fourth-order valence-corrected chi connectivity index (χ4v) is 2.83. The lowest BCUT2D eigenvalue weighted by atomic mass is 9.92. The summed E-state index contributed by atoms with van der Waals surface area (Å²) in [7, 11) is 0. The summed E-state index contributed by atoms with van der Waals surface area (Å²) < 4.78 is 0. The van der Waals surface area contributed by atoms with Crippen molar-refractivity contribution in [2.45, 2.75) is 32.6 Å². The lowest BCUT2D eigenvalue weighted by molar-refractivity contribution is 0.232. The second kappa shape index (κ2) is 1.97. The Hall–Kier alpha value is -0.0400. The molecule has 3 unspecified atom stereocenters. The molecule has 58 valence electrons. The van der Waals surface area contributed by atoms with Crippen molar-refractivity contribution in [1.29, 1.82) is 0 Å². The van der Waals surface area contributed by atoms with Gasteiger partial charge in [-0.3, -0.25) is 0 Å². The van der Waals surface area contributed by atoms with Gasteiger partial charge in [0, 0.05) is 6.61 Å². The Kier molecular flexibility index (Phi) is 1.31. The van der Waals surface area contributed by atoms with E-state index in [9.17, 15) is 0 Å². The van der Waals surface area contributed by atoms with Gasteiger partial charge in [-0.1, -0.05) is 19.8 Å². The molecule has 3 atom stereocenters. The topological polar surface area (TPSA) is 20.2 Å². The molecule has 2 aliphatic carbocycles.